The van der Waals surface area contributed by atoms with E-state index in [1.54, 1.807) is 0 Å². The largest absolute Gasteiger partial charge is 0.310 e. The Morgan fingerprint density at radius 1 is 1.35 bits per heavy atom. The third-order valence-corrected chi connectivity index (χ3v) is 4.16. The second kappa shape index (κ2) is 5.98. The molecule has 0 bridgehead atoms. The molecule has 1 aromatic heterocycles. The lowest BCUT2D eigenvalue weighted by Crippen LogP contribution is -2.21. The van der Waals surface area contributed by atoms with Gasteiger partial charge in [0.25, 0.3) is 0 Å². The molecular weight excluding hydrogens is 228 g/mol. The molecule has 3 heteroatoms. The van der Waals surface area contributed by atoms with Crippen LogP contribution in [-0.2, 0) is 13.1 Å². The molecule has 0 aliphatic heterocycles. The molecule has 0 amide bonds. The summed E-state index contributed by atoms with van der Waals surface area (Å²) in [4.78, 5) is 5.41. The number of hydrogen-bond acceptors (Lipinski definition) is 3. The van der Waals surface area contributed by atoms with Crippen molar-refractivity contribution in [2.24, 2.45) is 5.92 Å². The first-order valence-electron chi connectivity index (χ1n) is 6.63. The number of hydrogen-bond donors (Lipinski definition) is 1. The highest BCUT2D eigenvalue weighted by atomic mass is 32.1. The first-order valence-corrected chi connectivity index (χ1v) is 7.44. The van der Waals surface area contributed by atoms with Crippen LogP contribution in [0.5, 0.6) is 0 Å². The summed E-state index contributed by atoms with van der Waals surface area (Å²) >= 11 is 1.95. The summed E-state index contributed by atoms with van der Waals surface area (Å²) < 4.78 is 0. The third kappa shape index (κ3) is 4.78. The van der Waals surface area contributed by atoms with Crippen LogP contribution in [0, 0.1) is 5.92 Å². The van der Waals surface area contributed by atoms with Gasteiger partial charge in [0.15, 0.2) is 0 Å². The highest BCUT2D eigenvalue weighted by Gasteiger charge is 2.22. The van der Waals surface area contributed by atoms with Gasteiger partial charge in [-0.2, -0.15) is 0 Å². The second-order valence-electron chi connectivity index (χ2n) is 5.54. The van der Waals surface area contributed by atoms with Crippen molar-refractivity contribution in [3.05, 3.63) is 21.9 Å². The fourth-order valence-corrected chi connectivity index (χ4v) is 3.03. The van der Waals surface area contributed by atoms with Gasteiger partial charge in [0.1, 0.15) is 0 Å². The minimum Gasteiger partial charge on any atom is -0.310 e. The zero-order valence-electron chi connectivity index (χ0n) is 11.2. The monoisotopic (exact) mass is 252 g/mol. The maximum Gasteiger partial charge on any atom is 0.0325 e. The van der Waals surface area contributed by atoms with Gasteiger partial charge in [-0.25, -0.2) is 0 Å². The lowest BCUT2D eigenvalue weighted by atomic mass is 10.3. The van der Waals surface area contributed by atoms with Crippen LogP contribution in [0.15, 0.2) is 12.1 Å². The van der Waals surface area contributed by atoms with Crippen LogP contribution in [0.25, 0.3) is 0 Å². The van der Waals surface area contributed by atoms with E-state index in [0.717, 1.165) is 19.0 Å². The van der Waals surface area contributed by atoms with Crippen molar-refractivity contribution in [2.45, 2.75) is 45.8 Å². The van der Waals surface area contributed by atoms with Crippen LogP contribution in [0.4, 0.5) is 0 Å². The van der Waals surface area contributed by atoms with Crippen molar-refractivity contribution in [1.29, 1.82) is 0 Å². The van der Waals surface area contributed by atoms with E-state index in [1.165, 1.54) is 29.1 Å². The fourth-order valence-electron chi connectivity index (χ4n) is 1.98. The first-order chi connectivity index (χ1) is 8.13. The fraction of sp³-hybridized carbons (Fsp3) is 0.714. The minimum atomic E-state index is 0.568. The minimum absolute atomic E-state index is 0.568. The normalized spacial score (nSPS) is 16.1. The van der Waals surface area contributed by atoms with Gasteiger partial charge in [-0.3, -0.25) is 0 Å². The van der Waals surface area contributed by atoms with Gasteiger partial charge in [0, 0.05) is 35.4 Å². The first kappa shape index (κ1) is 13.1. The molecule has 1 saturated carbocycles. The predicted octanol–water partition coefficient (Wildman–Crippen LogP) is 3.09. The Kier molecular flexibility index (Phi) is 4.60. The Hall–Kier alpha value is -0.380. The predicted molar refractivity (Wildman–Crippen MR) is 75.4 cm³/mol. The van der Waals surface area contributed by atoms with Gasteiger partial charge in [0.05, 0.1) is 0 Å². The van der Waals surface area contributed by atoms with Crippen molar-refractivity contribution in [3.8, 4) is 0 Å². The molecule has 0 saturated heterocycles. The SMILES string of the molecule is CC(C)NCc1ccc(CN(C)CC2CC2)s1. The highest BCUT2D eigenvalue weighted by molar-refractivity contribution is 7.11. The lowest BCUT2D eigenvalue weighted by molar-refractivity contribution is 0.316. The molecule has 0 radical (unpaired) electrons. The van der Waals surface area contributed by atoms with Crippen LogP contribution in [-0.4, -0.2) is 24.5 Å². The molecule has 1 aliphatic rings. The van der Waals surface area contributed by atoms with Crippen molar-refractivity contribution in [3.63, 3.8) is 0 Å². The summed E-state index contributed by atoms with van der Waals surface area (Å²) in [6, 6.07) is 5.12. The zero-order valence-corrected chi connectivity index (χ0v) is 12.0. The molecule has 0 atom stereocenters. The van der Waals surface area contributed by atoms with Crippen molar-refractivity contribution < 1.29 is 0 Å². The lowest BCUT2D eigenvalue weighted by Gasteiger charge is -2.14. The summed E-state index contributed by atoms with van der Waals surface area (Å²) in [7, 11) is 2.24. The standard InChI is InChI=1S/C14H24N2S/c1-11(2)15-8-13-6-7-14(17-13)10-16(3)9-12-4-5-12/h6-7,11-12,15H,4-5,8-10H2,1-3H3. The molecule has 0 aromatic carbocycles. The van der Waals surface area contributed by atoms with Gasteiger partial charge in [-0.15, -0.1) is 11.3 Å². The smallest absolute Gasteiger partial charge is 0.0325 e. The van der Waals surface area contributed by atoms with Crippen molar-refractivity contribution >= 4 is 11.3 Å². The van der Waals surface area contributed by atoms with Gasteiger partial charge in [-0.05, 0) is 37.9 Å². The van der Waals surface area contributed by atoms with E-state index in [-0.39, 0.29) is 0 Å². The Balaban J connectivity index is 1.76. The quantitative estimate of drug-likeness (QED) is 0.802. The molecule has 1 heterocycles. The van der Waals surface area contributed by atoms with E-state index >= 15 is 0 Å². The molecule has 1 fully saturated rings. The Morgan fingerprint density at radius 3 is 2.71 bits per heavy atom. The Bertz CT molecular complexity index is 342. The van der Waals surface area contributed by atoms with Crippen LogP contribution in [0.3, 0.4) is 0 Å². The van der Waals surface area contributed by atoms with Crippen molar-refractivity contribution in [1.82, 2.24) is 10.2 Å². The van der Waals surface area contributed by atoms with Gasteiger partial charge < -0.3 is 10.2 Å². The molecule has 0 unspecified atom stereocenters. The average molecular weight is 252 g/mol. The van der Waals surface area contributed by atoms with Crippen LogP contribution in [0.2, 0.25) is 0 Å². The zero-order chi connectivity index (χ0) is 12.3. The van der Waals surface area contributed by atoms with E-state index in [2.05, 4.69) is 43.2 Å². The van der Waals surface area contributed by atoms with E-state index in [1.807, 2.05) is 11.3 Å². The Labute approximate surface area is 109 Å². The van der Waals surface area contributed by atoms with E-state index in [4.69, 9.17) is 0 Å². The topological polar surface area (TPSA) is 15.3 Å². The Morgan fingerprint density at radius 2 is 2.06 bits per heavy atom. The third-order valence-electron chi connectivity index (χ3n) is 3.09. The maximum absolute atomic E-state index is 3.47. The highest BCUT2D eigenvalue weighted by Crippen LogP contribution is 2.30. The number of nitrogens with zero attached hydrogens (tertiary/aromatic N) is 1. The molecule has 0 spiro atoms. The van der Waals surface area contributed by atoms with E-state index < -0.39 is 0 Å². The number of nitrogens with one attached hydrogen (secondary N) is 1. The molecular formula is C14H24N2S. The summed E-state index contributed by atoms with van der Waals surface area (Å²) in [6.45, 7) is 7.78. The van der Waals surface area contributed by atoms with E-state index in [9.17, 15) is 0 Å². The summed E-state index contributed by atoms with van der Waals surface area (Å²) in [5.41, 5.74) is 0. The molecule has 1 aromatic rings. The molecule has 2 rings (SSSR count). The van der Waals surface area contributed by atoms with E-state index in [0.29, 0.717) is 6.04 Å². The summed E-state index contributed by atoms with van der Waals surface area (Å²) in [5.74, 6) is 0.988. The van der Waals surface area contributed by atoms with Gasteiger partial charge in [-0.1, -0.05) is 13.8 Å². The number of rotatable bonds is 7. The van der Waals surface area contributed by atoms with Gasteiger partial charge >= 0.3 is 0 Å². The van der Waals surface area contributed by atoms with Crippen LogP contribution < -0.4 is 5.32 Å². The molecule has 96 valence electrons. The second-order valence-corrected chi connectivity index (χ2v) is 6.80. The van der Waals surface area contributed by atoms with Crippen LogP contribution in [0.1, 0.15) is 36.4 Å². The van der Waals surface area contributed by atoms with Gasteiger partial charge in [0.2, 0.25) is 0 Å². The van der Waals surface area contributed by atoms with Crippen molar-refractivity contribution in [2.75, 3.05) is 13.6 Å². The van der Waals surface area contributed by atoms with Crippen LogP contribution >= 0.6 is 11.3 Å². The maximum atomic E-state index is 3.47. The molecule has 17 heavy (non-hydrogen) atoms. The molecule has 1 aliphatic carbocycles. The average Bonchev–Trinajstić information content (AvgIpc) is 2.94. The number of thiophene rings is 1. The summed E-state index contributed by atoms with van der Waals surface area (Å²) in [5, 5.41) is 3.47. The molecule has 1 N–H and O–H groups in total. The summed E-state index contributed by atoms with van der Waals surface area (Å²) in [6.07, 6.45) is 2.89. The molecule has 2 nitrogen and oxygen atoms in total.